The highest BCUT2D eigenvalue weighted by Crippen LogP contribution is 2.28. The van der Waals surface area contributed by atoms with E-state index in [1.807, 2.05) is 0 Å². The first-order chi connectivity index (χ1) is 9.36. The Morgan fingerprint density at radius 3 is 2.95 bits per heavy atom. The standard InChI is InChI=1S/C16H24N2O/c17-18-16(9-8-15-5-2-10-19-15)14-7-6-12-3-1-4-13(12)11-14/h6-7,11,15-16,18H,1-5,8-10,17H2. The van der Waals surface area contributed by atoms with Crippen LogP contribution < -0.4 is 11.3 Å². The third-order valence-corrected chi connectivity index (χ3v) is 4.53. The molecule has 3 rings (SSSR count). The molecule has 1 fully saturated rings. The zero-order valence-electron chi connectivity index (χ0n) is 11.5. The van der Waals surface area contributed by atoms with Crippen LogP contribution in [0, 0.1) is 0 Å². The molecule has 0 amide bonds. The van der Waals surface area contributed by atoms with E-state index in [1.165, 1.54) is 48.8 Å². The van der Waals surface area contributed by atoms with Crippen molar-refractivity contribution in [1.82, 2.24) is 5.43 Å². The van der Waals surface area contributed by atoms with Gasteiger partial charge in [0.2, 0.25) is 0 Å². The average molecular weight is 260 g/mol. The number of rotatable bonds is 5. The summed E-state index contributed by atoms with van der Waals surface area (Å²) in [5, 5.41) is 0. The summed E-state index contributed by atoms with van der Waals surface area (Å²) in [5.41, 5.74) is 7.36. The van der Waals surface area contributed by atoms with Crippen LogP contribution in [0.4, 0.5) is 0 Å². The molecule has 0 bridgehead atoms. The van der Waals surface area contributed by atoms with Crippen molar-refractivity contribution in [3.63, 3.8) is 0 Å². The number of aryl methyl sites for hydroxylation is 2. The maximum absolute atomic E-state index is 5.74. The first-order valence-corrected chi connectivity index (χ1v) is 7.56. The molecule has 1 aliphatic heterocycles. The highest BCUT2D eigenvalue weighted by molar-refractivity contribution is 5.36. The van der Waals surface area contributed by atoms with Gasteiger partial charge in [0.1, 0.15) is 0 Å². The average Bonchev–Trinajstić information content (AvgIpc) is 3.09. The van der Waals surface area contributed by atoms with E-state index in [0.29, 0.717) is 6.10 Å². The normalized spacial score (nSPS) is 23.5. The second-order valence-corrected chi connectivity index (χ2v) is 5.81. The molecule has 3 nitrogen and oxygen atoms in total. The van der Waals surface area contributed by atoms with Gasteiger partial charge in [-0.15, -0.1) is 0 Å². The van der Waals surface area contributed by atoms with Gasteiger partial charge in [-0.25, -0.2) is 0 Å². The minimum Gasteiger partial charge on any atom is -0.378 e. The van der Waals surface area contributed by atoms with Gasteiger partial charge in [-0.2, -0.15) is 0 Å². The molecule has 0 spiro atoms. The third kappa shape index (κ3) is 2.99. The van der Waals surface area contributed by atoms with Gasteiger partial charge in [-0.1, -0.05) is 18.2 Å². The van der Waals surface area contributed by atoms with Crippen molar-refractivity contribution in [2.45, 2.75) is 57.1 Å². The molecule has 0 saturated carbocycles. The summed E-state index contributed by atoms with van der Waals surface area (Å²) < 4.78 is 5.69. The molecule has 1 heterocycles. The molecule has 1 aromatic carbocycles. The van der Waals surface area contributed by atoms with Crippen molar-refractivity contribution in [2.75, 3.05) is 6.61 Å². The van der Waals surface area contributed by atoms with E-state index in [2.05, 4.69) is 23.6 Å². The van der Waals surface area contributed by atoms with E-state index in [0.717, 1.165) is 19.4 Å². The molecule has 1 aromatic rings. The highest BCUT2D eigenvalue weighted by atomic mass is 16.5. The number of hydrogen-bond donors (Lipinski definition) is 2. The fourth-order valence-corrected chi connectivity index (χ4v) is 3.38. The molecule has 3 heteroatoms. The van der Waals surface area contributed by atoms with Crippen molar-refractivity contribution in [3.8, 4) is 0 Å². The molecule has 0 aromatic heterocycles. The smallest absolute Gasteiger partial charge is 0.0576 e. The van der Waals surface area contributed by atoms with Crippen molar-refractivity contribution in [3.05, 3.63) is 34.9 Å². The summed E-state index contributed by atoms with van der Waals surface area (Å²) in [4.78, 5) is 0. The fraction of sp³-hybridized carbons (Fsp3) is 0.625. The second-order valence-electron chi connectivity index (χ2n) is 5.81. The van der Waals surface area contributed by atoms with Crippen LogP contribution in [-0.4, -0.2) is 12.7 Å². The van der Waals surface area contributed by atoms with Gasteiger partial charge in [0.25, 0.3) is 0 Å². The number of ether oxygens (including phenoxy) is 1. The van der Waals surface area contributed by atoms with Crippen molar-refractivity contribution in [1.29, 1.82) is 0 Å². The monoisotopic (exact) mass is 260 g/mol. The van der Waals surface area contributed by atoms with E-state index in [9.17, 15) is 0 Å². The number of fused-ring (bicyclic) bond motifs is 1. The third-order valence-electron chi connectivity index (χ3n) is 4.53. The number of benzene rings is 1. The van der Waals surface area contributed by atoms with Gasteiger partial charge < -0.3 is 4.74 Å². The van der Waals surface area contributed by atoms with Gasteiger partial charge in [-0.05, 0) is 61.6 Å². The molecule has 2 aliphatic rings. The predicted octanol–water partition coefficient (Wildman–Crippen LogP) is 2.64. The lowest BCUT2D eigenvalue weighted by atomic mass is 9.97. The van der Waals surface area contributed by atoms with Gasteiger partial charge in [-0.3, -0.25) is 11.3 Å². The minimum absolute atomic E-state index is 0.259. The van der Waals surface area contributed by atoms with Crippen molar-refractivity contribution >= 4 is 0 Å². The zero-order valence-corrected chi connectivity index (χ0v) is 11.5. The van der Waals surface area contributed by atoms with E-state index in [4.69, 9.17) is 10.6 Å². The Hall–Kier alpha value is -0.900. The Morgan fingerprint density at radius 2 is 2.16 bits per heavy atom. The molecular weight excluding hydrogens is 236 g/mol. The summed E-state index contributed by atoms with van der Waals surface area (Å²) >= 11 is 0. The largest absolute Gasteiger partial charge is 0.378 e. The van der Waals surface area contributed by atoms with Gasteiger partial charge in [0.05, 0.1) is 6.10 Å². The molecule has 2 atom stereocenters. The van der Waals surface area contributed by atoms with Gasteiger partial charge in [0.15, 0.2) is 0 Å². The molecule has 1 saturated heterocycles. The molecule has 0 radical (unpaired) electrons. The molecule has 3 N–H and O–H groups in total. The summed E-state index contributed by atoms with van der Waals surface area (Å²) in [7, 11) is 0. The summed E-state index contributed by atoms with van der Waals surface area (Å²) in [6.45, 7) is 0.935. The maximum Gasteiger partial charge on any atom is 0.0576 e. The Bertz CT molecular complexity index is 427. The highest BCUT2D eigenvalue weighted by Gasteiger charge is 2.19. The summed E-state index contributed by atoms with van der Waals surface area (Å²) in [5.74, 6) is 5.74. The Balaban J connectivity index is 1.64. The quantitative estimate of drug-likeness (QED) is 0.632. The number of nitrogens with one attached hydrogen (secondary N) is 1. The Labute approximate surface area is 115 Å². The van der Waals surface area contributed by atoms with Crippen LogP contribution in [0.25, 0.3) is 0 Å². The molecule has 19 heavy (non-hydrogen) atoms. The molecule has 104 valence electrons. The predicted molar refractivity (Wildman–Crippen MR) is 76.7 cm³/mol. The fourth-order valence-electron chi connectivity index (χ4n) is 3.38. The van der Waals surface area contributed by atoms with Gasteiger partial charge in [0, 0.05) is 12.6 Å². The second kappa shape index (κ2) is 6.04. The van der Waals surface area contributed by atoms with Crippen LogP contribution in [0.1, 0.15) is 54.8 Å². The number of hydrogen-bond acceptors (Lipinski definition) is 3. The van der Waals surface area contributed by atoms with Crippen LogP contribution in [0.3, 0.4) is 0 Å². The first-order valence-electron chi connectivity index (χ1n) is 7.56. The Kier molecular flexibility index (Phi) is 4.16. The van der Waals surface area contributed by atoms with E-state index >= 15 is 0 Å². The SMILES string of the molecule is NNC(CCC1CCCO1)c1ccc2c(c1)CCC2. The van der Waals surface area contributed by atoms with E-state index in [-0.39, 0.29) is 6.04 Å². The first kappa shape index (κ1) is 13.1. The molecule has 1 aliphatic carbocycles. The van der Waals surface area contributed by atoms with Crippen LogP contribution in [0.2, 0.25) is 0 Å². The van der Waals surface area contributed by atoms with Crippen LogP contribution >= 0.6 is 0 Å². The minimum atomic E-state index is 0.259. The van der Waals surface area contributed by atoms with Crippen LogP contribution in [0.15, 0.2) is 18.2 Å². The van der Waals surface area contributed by atoms with E-state index in [1.54, 1.807) is 0 Å². The Morgan fingerprint density at radius 1 is 1.26 bits per heavy atom. The van der Waals surface area contributed by atoms with Gasteiger partial charge >= 0.3 is 0 Å². The number of nitrogens with two attached hydrogens (primary N) is 1. The van der Waals surface area contributed by atoms with Crippen molar-refractivity contribution < 1.29 is 4.74 Å². The summed E-state index contributed by atoms with van der Waals surface area (Å²) in [6.07, 6.45) is 8.80. The zero-order chi connectivity index (χ0) is 13.1. The van der Waals surface area contributed by atoms with Crippen LogP contribution in [-0.2, 0) is 17.6 Å². The number of hydrazine groups is 1. The molecule has 2 unspecified atom stereocenters. The lowest BCUT2D eigenvalue weighted by molar-refractivity contribution is 0.0996. The van der Waals surface area contributed by atoms with Crippen molar-refractivity contribution in [2.24, 2.45) is 5.84 Å². The lowest BCUT2D eigenvalue weighted by Crippen LogP contribution is -2.29. The van der Waals surface area contributed by atoms with Crippen LogP contribution in [0.5, 0.6) is 0 Å². The summed E-state index contributed by atoms with van der Waals surface area (Å²) in [6, 6.07) is 7.13. The van der Waals surface area contributed by atoms with E-state index < -0.39 is 0 Å². The maximum atomic E-state index is 5.74. The molecular formula is C16H24N2O. The topological polar surface area (TPSA) is 47.3 Å². The lowest BCUT2D eigenvalue weighted by Gasteiger charge is -2.19.